The molecule has 0 aliphatic carbocycles. The first-order valence-corrected chi connectivity index (χ1v) is 9.23. The number of aliphatic hydroxyl groups excluding tert-OH is 1. The van der Waals surface area contributed by atoms with Crippen molar-refractivity contribution in [3.8, 4) is 5.75 Å². The number of hydrogen-bond donors (Lipinski definition) is 2. The fourth-order valence-corrected chi connectivity index (χ4v) is 4.27. The predicted octanol–water partition coefficient (Wildman–Crippen LogP) is 2.98. The van der Waals surface area contributed by atoms with Crippen LogP contribution in [0.4, 0.5) is 5.69 Å². The lowest BCUT2D eigenvalue weighted by Gasteiger charge is -2.37. The Morgan fingerprint density at radius 1 is 1.16 bits per heavy atom. The van der Waals surface area contributed by atoms with E-state index < -0.39 is 6.10 Å². The van der Waals surface area contributed by atoms with Crippen molar-refractivity contribution < 1.29 is 14.9 Å². The normalized spacial score (nSPS) is 20.9. The van der Waals surface area contributed by atoms with Gasteiger partial charge in [-0.25, -0.2) is 0 Å². The molecule has 25 heavy (non-hydrogen) atoms. The van der Waals surface area contributed by atoms with Crippen molar-refractivity contribution in [2.24, 2.45) is 0 Å². The third-order valence-electron chi connectivity index (χ3n) is 4.35. The van der Waals surface area contributed by atoms with E-state index in [1.807, 2.05) is 30.3 Å². The lowest BCUT2D eigenvalue weighted by Crippen LogP contribution is -2.43. The topological polar surface area (TPSA) is 66.8 Å². The number of hydroxylamine groups is 3. The number of phenols is 1. The first-order chi connectivity index (χ1) is 11.8. The average Bonchev–Trinajstić information content (AvgIpc) is 2.70. The second-order valence-corrected chi connectivity index (χ2v) is 8.09. The van der Waals surface area contributed by atoms with Gasteiger partial charge in [0.2, 0.25) is 0 Å². The number of quaternary nitrogens is 1. The number of thioether (sulfide) groups is 1. The Kier molecular flexibility index (Phi) is 5.24. The highest BCUT2D eigenvalue weighted by Crippen LogP contribution is 2.45. The highest BCUT2D eigenvalue weighted by Gasteiger charge is 2.30. The van der Waals surface area contributed by atoms with Gasteiger partial charge in [-0.2, -0.15) is 0 Å². The molecule has 0 saturated heterocycles. The number of anilines is 1. The van der Waals surface area contributed by atoms with Crippen LogP contribution in [0.3, 0.4) is 0 Å². The molecule has 1 aliphatic heterocycles. The number of nitrogens with zero attached hydrogens (tertiary/aromatic N) is 2. The number of β-amino-alcohol motifs (C(OH)–C–C–N with tert-alkyl or cyclic N) is 1. The number of fused-ring (bicyclic) bond motifs is 1. The first kappa shape index (κ1) is 18.1. The SMILES string of the molecule is C[N+](C)([O-])CCN1CC(O)C(c2ccc(O)cc2)Sc2ccccc21. The van der Waals surface area contributed by atoms with Crippen LogP contribution >= 0.6 is 11.8 Å². The third-order valence-corrected chi connectivity index (χ3v) is 5.79. The summed E-state index contributed by atoms with van der Waals surface area (Å²) in [7, 11) is 3.27. The summed E-state index contributed by atoms with van der Waals surface area (Å²) in [5.74, 6) is 0.217. The number of aliphatic hydroxyl groups is 1. The van der Waals surface area contributed by atoms with Gasteiger partial charge in [0.15, 0.2) is 0 Å². The second-order valence-electron chi connectivity index (χ2n) is 6.91. The zero-order chi connectivity index (χ0) is 18.0. The summed E-state index contributed by atoms with van der Waals surface area (Å²) in [5, 5.41) is 32.2. The molecule has 2 aromatic rings. The third kappa shape index (κ3) is 4.46. The Hall–Kier alpha value is -1.73. The highest BCUT2D eigenvalue weighted by atomic mass is 32.2. The van der Waals surface area contributed by atoms with E-state index in [0.29, 0.717) is 19.6 Å². The molecule has 6 heteroatoms. The fraction of sp³-hybridized carbons (Fsp3) is 0.368. The molecule has 2 atom stereocenters. The molecule has 5 nitrogen and oxygen atoms in total. The first-order valence-electron chi connectivity index (χ1n) is 8.35. The Morgan fingerprint density at radius 3 is 2.52 bits per heavy atom. The molecule has 1 heterocycles. The van der Waals surface area contributed by atoms with Crippen molar-refractivity contribution in [2.75, 3.05) is 38.6 Å². The highest BCUT2D eigenvalue weighted by molar-refractivity contribution is 7.99. The summed E-state index contributed by atoms with van der Waals surface area (Å²) in [4.78, 5) is 3.19. The predicted molar refractivity (Wildman–Crippen MR) is 102 cm³/mol. The standard InChI is InChI=1S/C19H24N2O3S/c1-21(2,24)12-11-20-13-17(23)19(14-7-9-15(22)10-8-14)25-18-6-4-3-5-16(18)20/h3-10,17,19,22-23H,11-13H2,1-2H3. The van der Waals surface area contributed by atoms with Crippen LogP contribution in [0.5, 0.6) is 5.75 Å². The summed E-state index contributed by atoms with van der Waals surface area (Å²) in [6.45, 7) is 1.51. The molecule has 0 radical (unpaired) electrons. The van der Waals surface area contributed by atoms with Crippen molar-refractivity contribution >= 4 is 17.4 Å². The van der Waals surface area contributed by atoms with E-state index >= 15 is 0 Å². The molecule has 0 bridgehead atoms. The van der Waals surface area contributed by atoms with Gasteiger partial charge in [-0.1, -0.05) is 24.3 Å². The number of rotatable bonds is 4. The molecule has 0 spiro atoms. The maximum absolute atomic E-state index is 12.0. The van der Waals surface area contributed by atoms with Crippen LogP contribution in [0.1, 0.15) is 10.8 Å². The van der Waals surface area contributed by atoms with E-state index in [0.717, 1.165) is 16.1 Å². The molecule has 3 rings (SSSR count). The van der Waals surface area contributed by atoms with E-state index in [1.165, 1.54) is 0 Å². The summed E-state index contributed by atoms with van der Waals surface area (Å²) < 4.78 is -0.358. The Morgan fingerprint density at radius 2 is 1.84 bits per heavy atom. The number of para-hydroxylation sites is 1. The molecule has 2 unspecified atom stereocenters. The van der Waals surface area contributed by atoms with Crippen molar-refractivity contribution in [2.45, 2.75) is 16.2 Å². The largest absolute Gasteiger partial charge is 0.633 e. The minimum Gasteiger partial charge on any atom is -0.633 e. The van der Waals surface area contributed by atoms with E-state index in [1.54, 1.807) is 38.0 Å². The summed E-state index contributed by atoms with van der Waals surface area (Å²) in [6.07, 6.45) is -0.579. The van der Waals surface area contributed by atoms with Crippen LogP contribution in [-0.4, -0.2) is 54.7 Å². The van der Waals surface area contributed by atoms with Gasteiger partial charge in [0.1, 0.15) is 5.75 Å². The van der Waals surface area contributed by atoms with Crippen LogP contribution in [-0.2, 0) is 0 Å². The number of phenolic OH excluding ortho intramolecular Hbond substituents is 1. The van der Waals surface area contributed by atoms with Crippen LogP contribution in [0.15, 0.2) is 53.4 Å². The Labute approximate surface area is 152 Å². The van der Waals surface area contributed by atoms with Gasteiger partial charge in [-0.05, 0) is 29.8 Å². The molecule has 134 valence electrons. The monoisotopic (exact) mass is 360 g/mol. The average molecular weight is 360 g/mol. The van der Waals surface area contributed by atoms with Crippen molar-refractivity contribution in [3.63, 3.8) is 0 Å². The number of hydrogen-bond acceptors (Lipinski definition) is 5. The van der Waals surface area contributed by atoms with Crippen LogP contribution in [0.25, 0.3) is 0 Å². The summed E-state index contributed by atoms with van der Waals surface area (Å²) in [6, 6.07) is 15.1. The lowest BCUT2D eigenvalue weighted by atomic mass is 10.1. The number of benzene rings is 2. The van der Waals surface area contributed by atoms with Gasteiger partial charge in [0.05, 0.1) is 44.2 Å². The molecule has 2 N–H and O–H groups in total. The maximum Gasteiger partial charge on any atom is 0.115 e. The minimum absolute atomic E-state index is 0.124. The molecule has 0 fully saturated rings. The molecule has 1 aliphatic rings. The van der Waals surface area contributed by atoms with Gasteiger partial charge < -0.3 is 25.0 Å². The molecule has 0 aromatic heterocycles. The summed E-state index contributed by atoms with van der Waals surface area (Å²) in [5.41, 5.74) is 2.04. The molecule has 0 amide bonds. The van der Waals surface area contributed by atoms with Crippen LogP contribution < -0.4 is 4.90 Å². The minimum atomic E-state index is -0.579. The van der Waals surface area contributed by atoms with Crippen molar-refractivity contribution in [1.82, 2.24) is 0 Å². The molecular formula is C19H24N2O3S. The van der Waals surface area contributed by atoms with Crippen LogP contribution in [0, 0.1) is 5.21 Å². The van der Waals surface area contributed by atoms with Gasteiger partial charge >= 0.3 is 0 Å². The van der Waals surface area contributed by atoms with Crippen molar-refractivity contribution in [1.29, 1.82) is 0 Å². The van der Waals surface area contributed by atoms with Crippen molar-refractivity contribution in [3.05, 3.63) is 59.3 Å². The Balaban J connectivity index is 1.90. The molecular weight excluding hydrogens is 336 g/mol. The van der Waals surface area contributed by atoms with Gasteiger partial charge in [0, 0.05) is 11.4 Å². The zero-order valence-electron chi connectivity index (χ0n) is 14.5. The van der Waals surface area contributed by atoms with Gasteiger partial charge in [-0.3, -0.25) is 0 Å². The number of likely N-dealkylation sites (N-methyl/N-ethyl adjacent to an activating group) is 1. The number of aromatic hydroxyl groups is 1. The lowest BCUT2D eigenvalue weighted by molar-refractivity contribution is -0.838. The fourth-order valence-electron chi connectivity index (χ4n) is 2.98. The van der Waals surface area contributed by atoms with E-state index in [4.69, 9.17) is 0 Å². The van der Waals surface area contributed by atoms with Gasteiger partial charge in [-0.15, -0.1) is 11.8 Å². The molecule has 2 aromatic carbocycles. The summed E-state index contributed by atoms with van der Waals surface area (Å²) >= 11 is 1.63. The van der Waals surface area contributed by atoms with E-state index in [-0.39, 0.29) is 15.6 Å². The smallest absolute Gasteiger partial charge is 0.115 e. The zero-order valence-corrected chi connectivity index (χ0v) is 15.3. The Bertz CT molecular complexity index is 715. The molecule has 0 saturated carbocycles. The van der Waals surface area contributed by atoms with Crippen LogP contribution in [0.2, 0.25) is 0 Å². The van der Waals surface area contributed by atoms with Gasteiger partial charge in [0.25, 0.3) is 0 Å². The second kappa shape index (κ2) is 7.25. The van der Waals surface area contributed by atoms with E-state index in [2.05, 4.69) is 11.0 Å². The van der Waals surface area contributed by atoms with E-state index in [9.17, 15) is 15.4 Å². The quantitative estimate of drug-likeness (QED) is 0.648. The maximum atomic E-state index is 12.0.